The summed E-state index contributed by atoms with van der Waals surface area (Å²) in [7, 11) is 0. The van der Waals surface area contributed by atoms with E-state index >= 15 is 0 Å². The normalized spacial score (nSPS) is 21.2. The quantitative estimate of drug-likeness (QED) is 0.884. The first-order chi connectivity index (χ1) is 7.92. The van der Waals surface area contributed by atoms with Crippen LogP contribution in [0.3, 0.4) is 0 Å². The highest BCUT2D eigenvalue weighted by Crippen LogP contribution is 2.31. The molecule has 0 radical (unpaired) electrons. The second-order valence-electron chi connectivity index (χ2n) is 4.83. The number of rotatable bonds is 3. The second-order valence-corrected chi connectivity index (χ2v) is 7.15. The van der Waals surface area contributed by atoms with Crippen LogP contribution in [0.25, 0.3) is 0 Å². The van der Waals surface area contributed by atoms with E-state index in [1.807, 2.05) is 11.3 Å². The molecular weight excluding hydrogens is 234 g/mol. The predicted molar refractivity (Wildman–Crippen MR) is 73.3 cm³/mol. The highest BCUT2D eigenvalue weighted by molar-refractivity contribution is 7.98. The molecule has 16 heavy (non-hydrogen) atoms. The Hall–Kier alpha value is 0.0100. The maximum atomic E-state index is 3.71. The highest BCUT2D eigenvalue weighted by Gasteiger charge is 2.16. The molecule has 0 amide bonds. The minimum absolute atomic E-state index is 0.800. The van der Waals surface area contributed by atoms with Gasteiger partial charge in [0.15, 0.2) is 0 Å². The maximum Gasteiger partial charge on any atom is 0.0302 e. The molecule has 0 unspecified atom stereocenters. The van der Waals surface area contributed by atoms with Crippen molar-refractivity contribution in [2.24, 2.45) is 0 Å². The molecule has 1 nitrogen and oxygen atoms in total. The van der Waals surface area contributed by atoms with Crippen LogP contribution < -0.4 is 5.32 Å². The molecule has 1 aliphatic heterocycles. The van der Waals surface area contributed by atoms with Gasteiger partial charge in [-0.15, -0.1) is 11.3 Å². The predicted octanol–water partition coefficient (Wildman–Crippen LogP) is 3.57. The summed E-state index contributed by atoms with van der Waals surface area (Å²) < 4.78 is 0. The van der Waals surface area contributed by atoms with E-state index < -0.39 is 0 Å². The second kappa shape index (κ2) is 5.11. The minimum atomic E-state index is 0.800. The lowest BCUT2D eigenvalue weighted by atomic mass is 10.2. The Labute approximate surface area is 106 Å². The van der Waals surface area contributed by atoms with Crippen LogP contribution in [0.1, 0.15) is 41.0 Å². The number of thiophene rings is 1. The van der Waals surface area contributed by atoms with Crippen molar-refractivity contribution in [3.63, 3.8) is 0 Å². The SMILES string of the molecule is c1c(CNC2CCCC2)sc2c1CSCC2. The van der Waals surface area contributed by atoms with Gasteiger partial charge < -0.3 is 5.32 Å². The van der Waals surface area contributed by atoms with Gasteiger partial charge in [0.1, 0.15) is 0 Å². The summed E-state index contributed by atoms with van der Waals surface area (Å²) in [5.41, 5.74) is 1.62. The van der Waals surface area contributed by atoms with Gasteiger partial charge in [0, 0.05) is 28.1 Å². The first-order valence-electron chi connectivity index (χ1n) is 6.33. The van der Waals surface area contributed by atoms with E-state index in [1.165, 1.54) is 43.6 Å². The van der Waals surface area contributed by atoms with Crippen LogP contribution >= 0.6 is 23.1 Å². The van der Waals surface area contributed by atoms with Gasteiger partial charge >= 0.3 is 0 Å². The van der Waals surface area contributed by atoms with E-state index in [4.69, 9.17) is 0 Å². The fourth-order valence-electron chi connectivity index (χ4n) is 2.67. The highest BCUT2D eigenvalue weighted by atomic mass is 32.2. The maximum absolute atomic E-state index is 3.71. The van der Waals surface area contributed by atoms with Crippen molar-refractivity contribution >= 4 is 23.1 Å². The monoisotopic (exact) mass is 253 g/mol. The molecule has 0 spiro atoms. The summed E-state index contributed by atoms with van der Waals surface area (Å²) in [6, 6.07) is 3.24. The zero-order chi connectivity index (χ0) is 10.8. The molecule has 88 valence electrons. The number of thioether (sulfide) groups is 1. The first-order valence-corrected chi connectivity index (χ1v) is 8.30. The van der Waals surface area contributed by atoms with Crippen LogP contribution in [-0.4, -0.2) is 11.8 Å². The molecule has 0 bridgehead atoms. The summed E-state index contributed by atoms with van der Waals surface area (Å²) in [5, 5.41) is 3.71. The third-order valence-electron chi connectivity index (χ3n) is 3.60. The molecule has 0 saturated heterocycles. The Morgan fingerprint density at radius 2 is 2.19 bits per heavy atom. The summed E-state index contributed by atoms with van der Waals surface area (Å²) in [5.74, 6) is 2.57. The molecule has 2 heterocycles. The molecule has 1 aromatic heterocycles. The standard InChI is InChI=1S/C13H19NS2/c1-2-4-11(3-1)14-8-12-7-10-9-15-6-5-13(10)16-12/h7,11,14H,1-6,8-9H2. The molecule has 0 atom stereocenters. The first kappa shape index (κ1) is 11.1. The number of hydrogen-bond acceptors (Lipinski definition) is 3. The van der Waals surface area contributed by atoms with Crippen LogP contribution in [0.15, 0.2) is 6.07 Å². The van der Waals surface area contributed by atoms with Crippen molar-refractivity contribution in [1.82, 2.24) is 5.32 Å². The van der Waals surface area contributed by atoms with Crippen molar-refractivity contribution in [2.75, 3.05) is 5.75 Å². The van der Waals surface area contributed by atoms with Gasteiger partial charge in [-0.25, -0.2) is 0 Å². The van der Waals surface area contributed by atoms with Crippen LogP contribution in [0.5, 0.6) is 0 Å². The summed E-state index contributed by atoms with van der Waals surface area (Å²) in [6.07, 6.45) is 6.93. The van der Waals surface area contributed by atoms with E-state index in [0.717, 1.165) is 12.6 Å². The van der Waals surface area contributed by atoms with Crippen molar-refractivity contribution in [3.8, 4) is 0 Å². The van der Waals surface area contributed by atoms with Crippen molar-refractivity contribution in [1.29, 1.82) is 0 Å². The summed E-state index contributed by atoms with van der Waals surface area (Å²) >= 11 is 4.12. The van der Waals surface area contributed by atoms with E-state index in [-0.39, 0.29) is 0 Å². The fraction of sp³-hybridized carbons (Fsp3) is 0.692. The minimum Gasteiger partial charge on any atom is -0.309 e. The van der Waals surface area contributed by atoms with Gasteiger partial charge in [-0.05, 0) is 36.6 Å². The van der Waals surface area contributed by atoms with Crippen molar-refractivity contribution < 1.29 is 0 Å². The van der Waals surface area contributed by atoms with E-state index in [2.05, 4.69) is 23.1 Å². The van der Waals surface area contributed by atoms with Crippen molar-refractivity contribution in [3.05, 3.63) is 21.4 Å². The van der Waals surface area contributed by atoms with Gasteiger partial charge in [-0.2, -0.15) is 11.8 Å². The Balaban J connectivity index is 1.59. The lowest BCUT2D eigenvalue weighted by Crippen LogP contribution is -2.24. The molecule has 1 N–H and O–H groups in total. The van der Waals surface area contributed by atoms with Gasteiger partial charge in [0.05, 0.1) is 0 Å². The molecule has 1 aliphatic carbocycles. The smallest absolute Gasteiger partial charge is 0.0302 e. The zero-order valence-electron chi connectivity index (χ0n) is 9.63. The Kier molecular flexibility index (Phi) is 3.55. The van der Waals surface area contributed by atoms with Gasteiger partial charge in [0.25, 0.3) is 0 Å². The number of aryl methyl sites for hydroxylation is 1. The zero-order valence-corrected chi connectivity index (χ0v) is 11.3. The lowest BCUT2D eigenvalue weighted by molar-refractivity contribution is 0.527. The van der Waals surface area contributed by atoms with E-state index in [1.54, 1.807) is 15.3 Å². The molecule has 2 aliphatic rings. The molecule has 1 aromatic rings. The molecule has 1 saturated carbocycles. The van der Waals surface area contributed by atoms with Crippen LogP contribution in [0.2, 0.25) is 0 Å². The average molecular weight is 253 g/mol. The Bertz CT molecular complexity index is 329. The van der Waals surface area contributed by atoms with E-state index in [9.17, 15) is 0 Å². The Morgan fingerprint density at radius 3 is 3.00 bits per heavy atom. The van der Waals surface area contributed by atoms with Crippen molar-refractivity contribution in [2.45, 2.75) is 50.4 Å². The number of hydrogen-bond donors (Lipinski definition) is 1. The van der Waals surface area contributed by atoms with Crippen LogP contribution in [0, 0.1) is 0 Å². The van der Waals surface area contributed by atoms with Gasteiger partial charge in [0.2, 0.25) is 0 Å². The largest absolute Gasteiger partial charge is 0.309 e. The molecule has 1 fully saturated rings. The lowest BCUT2D eigenvalue weighted by Gasteiger charge is -2.09. The molecular formula is C13H19NS2. The number of nitrogens with one attached hydrogen (secondary N) is 1. The molecule has 3 heteroatoms. The fourth-order valence-corrected chi connectivity index (χ4v) is 5.00. The number of fused-ring (bicyclic) bond motifs is 1. The average Bonchev–Trinajstić information content (AvgIpc) is 2.95. The molecule has 3 rings (SSSR count). The summed E-state index contributed by atoms with van der Waals surface area (Å²) in [6.45, 7) is 1.10. The van der Waals surface area contributed by atoms with Gasteiger partial charge in [-0.1, -0.05) is 12.8 Å². The Morgan fingerprint density at radius 1 is 1.31 bits per heavy atom. The molecule has 0 aromatic carbocycles. The van der Waals surface area contributed by atoms with Crippen LogP contribution in [0.4, 0.5) is 0 Å². The third kappa shape index (κ3) is 2.47. The topological polar surface area (TPSA) is 12.0 Å². The van der Waals surface area contributed by atoms with Crippen LogP contribution in [-0.2, 0) is 18.7 Å². The summed E-state index contributed by atoms with van der Waals surface area (Å²) in [4.78, 5) is 3.21. The van der Waals surface area contributed by atoms with Gasteiger partial charge in [-0.3, -0.25) is 0 Å². The third-order valence-corrected chi connectivity index (χ3v) is 5.84. The van der Waals surface area contributed by atoms with E-state index in [0.29, 0.717) is 0 Å².